The third-order valence-corrected chi connectivity index (χ3v) is 2.75. The molecule has 52 valence electrons. The first-order valence-electron chi connectivity index (χ1n) is 3.28. The van der Waals surface area contributed by atoms with Crippen molar-refractivity contribution in [3.05, 3.63) is 18.3 Å². The van der Waals surface area contributed by atoms with Crippen LogP contribution in [0.25, 0.3) is 0 Å². The lowest BCUT2D eigenvalue weighted by atomic mass is 10.4. The minimum atomic E-state index is 0.907. The summed E-state index contributed by atoms with van der Waals surface area (Å²) in [6.45, 7) is 1.10. The third kappa shape index (κ3) is 0.778. The Balaban J connectivity index is 2.59. The second-order valence-corrected chi connectivity index (χ2v) is 3.39. The van der Waals surface area contributed by atoms with Gasteiger partial charge in [-0.15, -0.1) is 0 Å². The number of nitrogens with zero attached hydrogens (tertiary/aromatic N) is 1. The lowest BCUT2D eigenvalue weighted by molar-refractivity contribution is -0.722. The van der Waals surface area contributed by atoms with Crippen molar-refractivity contribution in [2.45, 2.75) is 11.6 Å². The van der Waals surface area contributed by atoms with Crippen LogP contribution >= 0.6 is 11.8 Å². The number of anilines is 1. The van der Waals surface area contributed by atoms with Crippen molar-refractivity contribution in [2.24, 2.45) is 0 Å². The van der Waals surface area contributed by atoms with E-state index in [0.29, 0.717) is 0 Å². The summed E-state index contributed by atoms with van der Waals surface area (Å²) < 4.78 is 2.19. The summed E-state index contributed by atoms with van der Waals surface area (Å²) in [6, 6.07) is 3.94. The fraction of sp³-hybridized carbons (Fsp3) is 0.286. The van der Waals surface area contributed by atoms with Crippen LogP contribution < -0.4 is 10.3 Å². The number of hydrogen-bond donors (Lipinski definition) is 1. The normalized spacial score (nSPS) is 15.2. The van der Waals surface area contributed by atoms with Gasteiger partial charge >= 0.3 is 0 Å². The van der Waals surface area contributed by atoms with Crippen molar-refractivity contribution < 1.29 is 4.57 Å². The first-order valence-corrected chi connectivity index (χ1v) is 4.27. The number of nitrogens with two attached hydrogens (primary N) is 1. The average Bonchev–Trinajstić information content (AvgIpc) is 2.36. The van der Waals surface area contributed by atoms with E-state index in [2.05, 4.69) is 10.8 Å². The molecule has 0 unspecified atom stereocenters. The Morgan fingerprint density at radius 3 is 3.30 bits per heavy atom. The van der Waals surface area contributed by atoms with Crippen LogP contribution in [0.3, 0.4) is 0 Å². The smallest absolute Gasteiger partial charge is 0.263 e. The predicted octanol–water partition coefficient (Wildman–Crippen LogP) is 0.662. The van der Waals surface area contributed by atoms with E-state index >= 15 is 0 Å². The maximum Gasteiger partial charge on any atom is 0.263 e. The van der Waals surface area contributed by atoms with E-state index < -0.39 is 0 Å². The van der Waals surface area contributed by atoms with Crippen molar-refractivity contribution in [2.75, 3.05) is 11.5 Å². The Kier molecular flexibility index (Phi) is 1.31. The number of aryl methyl sites for hydroxylation is 1. The van der Waals surface area contributed by atoms with Crippen LogP contribution in [0.4, 0.5) is 5.69 Å². The van der Waals surface area contributed by atoms with Gasteiger partial charge < -0.3 is 5.73 Å². The minimum absolute atomic E-state index is 0.907. The number of rotatable bonds is 0. The number of nitrogen functional groups attached to an aromatic ring is 1. The van der Waals surface area contributed by atoms with Crippen LogP contribution in [0.15, 0.2) is 23.4 Å². The predicted molar refractivity (Wildman–Crippen MR) is 41.8 cm³/mol. The monoisotopic (exact) mass is 153 g/mol. The highest BCUT2D eigenvalue weighted by Crippen LogP contribution is 2.23. The van der Waals surface area contributed by atoms with Crippen LogP contribution in [0, 0.1) is 0 Å². The van der Waals surface area contributed by atoms with Gasteiger partial charge in [-0.1, -0.05) is 0 Å². The molecule has 2 rings (SSSR count). The topological polar surface area (TPSA) is 29.9 Å². The van der Waals surface area contributed by atoms with Crippen LogP contribution in [0.5, 0.6) is 0 Å². The molecule has 0 aliphatic carbocycles. The molecular formula is C7H9N2S+. The maximum atomic E-state index is 5.73. The summed E-state index contributed by atoms with van der Waals surface area (Å²) >= 11 is 1.83. The zero-order chi connectivity index (χ0) is 6.97. The fourth-order valence-electron chi connectivity index (χ4n) is 1.14. The van der Waals surface area contributed by atoms with Crippen LogP contribution in [-0.2, 0) is 6.54 Å². The van der Waals surface area contributed by atoms with Gasteiger partial charge in [-0.05, 0) is 17.8 Å². The van der Waals surface area contributed by atoms with Gasteiger partial charge in [-0.25, -0.2) is 0 Å². The number of pyridine rings is 1. The van der Waals surface area contributed by atoms with Gasteiger partial charge in [0.25, 0.3) is 5.03 Å². The number of hydrogen-bond acceptors (Lipinski definition) is 2. The van der Waals surface area contributed by atoms with Gasteiger partial charge in [0.1, 0.15) is 5.69 Å². The summed E-state index contributed by atoms with van der Waals surface area (Å²) in [5.74, 6) is 1.16. The number of fused-ring (bicyclic) bond motifs is 1. The molecule has 2 N–H and O–H groups in total. The summed E-state index contributed by atoms with van der Waals surface area (Å²) in [5.41, 5.74) is 6.64. The first-order chi connectivity index (χ1) is 4.88. The summed E-state index contributed by atoms with van der Waals surface area (Å²) in [6.07, 6.45) is 2.08. The molecule has 0 amide bonds. The number of thioether (sulfide) groups is 1. The third-order valence-electron chi connectivity index (χ3n) is 1.62. The second-order valence-electron chi connectivity index (χ2n) is 2.31. The Labute approximate surface area is 64.0 Å². The maximum absolute atomic E-state index is 5.73. The van der Waals surface area contributed by atoms with Gasteiger partial charge in [0.2, 0.25) is 0 Å². The van der Waals surface area contributed by atoms with Crippen molar-refractivity contribution in [3.63, 3.8) is 0 Å². The molecule has 0 saturated heterocycles. The van der Waals surface area contributed by atoms with Crippen molar-refractivity contribution >= 4 is 17.4 Å². The first kappa shape index (κ1) is 6.04. The molecule has 0 radical (unpaired) electrons. The zero-order valence-corrected chi connectivity index (χ0v) is 6.40. The van der Waals surface area contributed by atoms with Crippen molar-refractivity contribution in [1.29, 1.82) is 0 Å². The second kappa shape index (κ2) is 2.16. The van der Waals surface area contributed by atoms with Crippen molar-refractivity contribution in [1.82, 2.24) is 0 Å². The molecule has 3 heteroatoms. The van der Waals surface area contributed by atoms with E-state index in [1.54, 1.807) is 0 Å². The standard InChI is InChI=1S/C7H9N2S/c8-6-2-1-3-9-4-5-10-7(6)9/h1-3H,4-5,8H2/q+1. The van der Waals surface area contributed by atoms with Gasteiger partial charge in [0.15, 0.2) is 12.7 Å². The molecule has 0 saturated carbocycles. The highest BCUT2D eigenvalue weighted by Gasteiger charge is 2.20. The Morgan fingerprint density at radius 2 is 2.50 bits per heavy atom. The van der Waals surface area contributed by atoms with Gasteiger partial charge in [-0.3, -0.25) is 0 Å². The Hall–Kier alpha value is -0.700. The molecule has 0 bridgehead atoms. The van der Waals surface area contributed by atoms with Crippen LogP contribution in [0.1, 0.15) is 0 Å². The molecule has 2 nitrogen and oxygen atoms in total. The quantitative estimate of drug-likeness (QED) is 0.555. The highest BCUT2D eigenvalue weighted by atomic mass is 32.2. The van der Waals surface area contributed by atoms with E-state index in [9.17, 15) is 0 Å². The molecule has 1 aliphatic heterocycles. The van der Waals surface area contributed by atoms with E-state index in [-0.39, 0.29) is 0 Å². The molecule has 1 aromatic rings. The molecule has 0 fully saturated rings. The van der Waals surface area contributed by atoms with E-state index in [1.807, 2.05) is 23.9 Å². The Bertz CT molecular complexity index is 260. The minimum Gasteiger partial charge on any atom is -0.393 e. The number of aromatic nitrogens is 1. The molecule has 0 atom stereocenters. The largest absolute Gasteiger partial charge is 0.393 e. The zero-order valence-electron chi connectivity index (χ0n) is 5.58. The summed E-state index contributed by atoms with van der Waals surface area (Å²) in [5, 5.41) is 1.22. The van der Waals surface area contributed by atoms with E-state index in [0.717, 1.165) is 18.0 Å². The average molecular weight is 153 g/mol. The molecule has 1 aromatic heterocycles. The van der Waals surface area contributed by atoms with Crippen LogP contribution in [0.2, 0.25) is 0 Å². The lowest BCUT2D eigenvalue weighted by Crippen LogP contribution is -2.32. The summed E-state index contributed by atoms with van der Waals surface area (Å²) in [7, 11) is 0. The van der Waals surface area contributed by atoms with E-state index in [1.165, 1.54) is 5.03 Å². The highest BCUT2D eigenvalue weighted by molar-refractivity contribution is 7.99. The SMILES string of the molecule is Nc1ccc[n+]2c1SCC2. The Morgan fingerprint density at radius 1 is 1.60 bits per heavy atom. The molecule has 1 aliphatic rings. The van der Waals surface area contributed by atoms with Crippen molar-refractivity contribution in [3.8, 4) is 0 Å². The lowest BCUT2D eigenvalue weighted by Gasteiger charge is -1.92. The van der Waals surface area contributed by atoms with Crippen LogP contribution in [-0.4, -0.2) is 5.75 Å². The molecule has 2 heterocycles. The summed E-state index contributed by atoms with van der Waals surface area (Å²) in [4.78, 5) is 0. The molecule has 0 spiro atoms. The molecular weight excluding hydrogens is 144 g/mol. The van der Waals surface area contributed by atoms with Gasteiger partial charge in [-0.2, -0.15) is 4.57 Å². The van der Waals surface area contributed by atoms with Gasteiger partial charge in [0, 0.05) is 6.07 Å². The van der Waals surface area contributed by atoms with E-state index in [4.69, 9.17) is 5.73 Å². The molecule has 0 aromatic carbocycles. The molecule has 10 heavy (non-hydrogen) atoms. The van der Waals surface area contributed by atoms with Gasteiger partial charge in [0.05, 0.1) is 5.75 Å². The fourth-order valence-corrected chi connectivity index (χ4v) is 2.17.